The van der Waals surface area contributed by atoms with E-state index in [4.69, 9.17) is 0 Å². The van der Waals surface area contributed by atoms with E-state index in [0.29, 0.717) is 0 Å². The Bertz CT molecular complexity index is 318. The third kappa shape index (κ3) is 2.56. The van der Waals surface area contributed by atoms with Crippen LogP contribution >= 0.6 is 0 Å². The van der Waals surface area contributed by atoms with Crippen LogP contribution in [0, 0.1) is 6.92 Å². The SMILES string of the molecule is CNCCC1CCCN1c1ccc(C)cc1. The molecule has 1 unspecified atom stereocenters. The van der Waals surface area contributed by atoms with Crippen LogP contribution < -0.4 is 10.2 Å². The predicted molar refractivity (Wildman–Crippen MR) is 70.1 cm³/mol. The third-order valence-electron chi connectivity index (χ3n) is 3.47. The molecule has 1 N–H and O–H groups in total. The van der Waals surface area contributed by atoms with E-state index >= 15 is 0 Å². The van der Waals surface area contributed by atoms with Crippen molar-refractivity contribution in [3.05, 3.63) is 29.8 Å². The molecule has 2 heteroatoms. The predicted octanol–water partition coefficient (Wildman–Crippen LogP) is 2.57. The number of rotatable bonds is 4. The first kappa shape index (κ1) is 11.5. The Morgan fingerprint density at radius 1 is 1.31 bits per heavy atom. The van der Waals surface area contributed by atoms with E-state index < -0.39 is 0 Å². The van der Waals surface area contributed by atoms with Crippen LogP contribution in [-0.2, 0) is 0 Å². The summed E-state index contributed by atoms with van der Waals surface area (Å²) in [7, 11) is 2.03. The van der Waals surface area contributed by atoms with Crippen molar-refractivity contribution in [1.29, 1.82) is 0 Å². The van der Waals surface area contributed by atoms with E-state index in [9.17, 15) is 0 Å². The third-order valence-corrected chi connectivity index (χ3v) is 3.47. The molecule has 1 aromatic rings. The van der Waals surface area contributed by atoms with Gasteiger partial charge in [0.25, 0.3) is 0 Å². The molecule has 1 atom stereocenters. The second-order valence-corrected chi connectivity index (χ2v) is 4.72. The number of benzene rings is 1. The van der Waals surface area contributed by atoms with Gasteiger partial charge in [0.15, 0.2) is 0 Å². The number of aryl methyl sites for hydroxylation is 1. The standard InChI is InChI=1S/C14H22N2/c1-12-5-7-14(8-6-12)16-11-3-4-13(16)9-10-15-2/h5-8,13,15H,3-4,9-11H2,1-2H3. The fourth-order valence-corrected chi connectivity index (χ4v) is 2.52. The lowest BCUT2D eigenvalue weighted by Gasteiger charge is -2.27. The molecule has 2 rings (SSSR count). The zero-order chi connectivity index (χ0) is 11.4. The maximum Gasteiger partial charge on any atom is 0.0368 e. The minimum Gasteiger partial charge on any atom is -0.368 e. The Morgan fingerprint density at radius 2 is 2.06 bits per heavy atom. The fourth-order valence-electron chi connectivity index (χ4n) is 2.52. The summed E-state index contributed by atoms with van der Waals surface area (Å²) in [4.78, 5) is 2.57. The molecule has 1 saturated heterocycles. The molecule has 16 heavy (non-hydrogen) atoms. The zero-order valence-electron chi connectivity index (χ0n) is 10.4. The van der Waals surface area contributed by atoms with E-state index in [1.54, 1.807) is 0 Å². The fraction of sp³-hybridized carbons (Fsp3) is 0.571. The lowest BCUT2D eigenvalue weighted by atomic mass is 10.1. The number of nitrogens with zero attached hydrogens (tertiary/aromatic N) is 1. The minimum absolute atomic E-state index is 0.732. The molecule has 1 aromatic carbocycles. The highest BCUT2D eigenvalue weighted by atomic mass is 15.2. The van der Waals surface area contributed by atoms with Crippen LogP contribution in [0.4, 0.5) is 5.69 Å². The molecule has 0 aromatic heterocycles. The molecule has 2 nitrogen and oxygen atoms in total. The second-order valence-electron chi connectivity index (χ2n) is 4.72. The molecule has 0 amide bonds. The second kappa shape index (κ2) is 5.35. The van der Waals surface area contributed by atoms with Gasteiger partial charge in [-0.1, -0.05) is 17.7 Å². The maximum absolute atomic E-state index is 3.25. The molecule has 0 aliphatic carbocycles. The van der Waals surface area contributed by atoms with E-state index in [1.165, 1.54) is 37.1 Å². The first-order chi connectivity index (χ1) is 7.81. The van der Waals surface area contributed by atoms with Gasteiger partial charge in [0, 0.05) is 18.3 Å². The largest absolute Gasteiger partial charge is 0.368 e. The summed E-state index contributed by atoms with van der Waals surface area (Å²) in [6, 6.07) is 9.67. The van der Waals surface area contributed by atoms with E-state index in [-0.39, 0.29) is 0 Å². The summed E-state index contributed by atoms with van der Waals surface area (Å²) in [5, 5.41) is 3.25. The Hall–Kier alpha value is -1.02. The van der Waals surface area contributed by atoms with Crippen LogP contribution in [-0.4, -0.2) is 26.2 Å². The Kier molecular flexibility index (Phi) is 3.83. The molecule has 0 radical (unpaired) electrons. The highest BCUT2D eigenvalue weighted by Gasteiger charge is 2.23. The summed E-state index contributed by atoms with van der Waals surface area (Å²) < 4.78 is 0. The van der Waals surface area contributed by atoms with Crippen LogP contribution in [0.25, 0.3) is 0 Å². The van der Waals surface area contributed by atoms with Crippen molar-refractivity contribution in [2.45, 2.75) is 32.2 Å². The van der Waals surface area contributed by atoms with E-state index in [0.717, 1.165) is 12.6 Å². The Morgan fingerprint density at radius 3 is 2.75 bits per heavy atom. The van der Waals surface area contributed by atoms with Gasteiger partial charge in [0.05, 0.1) is 0 Å². The summed E-state index contributed by atoms with van der Waals surface area (Å²) >= 11 is 0. The van der Waals surface area contributed by atoms with E-state index in [2.05, 4.69) is 41.4 Å². The Balaban J connectivity index is 2.04. The van der Waals surface area contributed by atoms with Crippen molar-refractivity contribution < 1.29 is 0 Å². The highest BCUT2D eigenvalue weighted by molar-refractivity contribution is 5.49. The quantitative estimate of drug-likeness (QED) is 0.835. The summed E-state index contributed by atoms with van der Waals surface area (Å²) in [6.07, 6.45) is 3.93. The smallest absolute Gasteiger partial charge is 0.0368 e. The van der Waals surface area contributed by atoms with Crippen LogP contribution in [0.15, 0.2) is 24.3 Å². The zero-order valence-corrected chi connectivity index (χ0v) is 10.4. The van der Waals surface area contributed by atoms with Crippen LogP contribution in [0.3, 0.4) is 0 Å². The molecule has 0 spiro atoms. The van der Waals surface area contributed by atoms with E-state index in [1.807, 2.05) is 7.05 Å². The summed E-state index contributed by atoms with van der Waals surface area (Å²) in [5.74, 6) is 0. The minimum atomic E-state index is 0.732. The molecule has 88 valence electrons. The molecular weight excluding hydrogens is 196 g/mol. The van der Waals surface area contributed by atoms with Crippen LogP contribution in [0.2, 0.25) is 0 Å². The van der Waals surface area contributed by atoms with Gasteiger partial charge in [0.2, 0.25) is 0 Å². The lowest BCUT2D eigenvalue weighted by molar-refractivity contribution is 0.585. The average molecular weight is 218 g/mol. The maximum atomic E-state index is 3.25. The van der Waals surface area contributed by atoms with Crippen molar-refractivity contribution in [2.24, 2.45) is 0 Å². The van der Waals surface area contributed by atoms with Gasteiger partial charge in [-0.2, -0.15) is 0 Å². The lowest BCUT2D eigenvalue weighted by Crippen LogP contribution is -2.31. The molecule has 1 aliphatic rings. The normalized spacial score (nSPS) is 20.4. The molecule has 1 fully saturated rings. The monoisotopic (exact) mass is 218 g/mol. The molecular formula is C14H22N2. The van der Waals surface area contributed by atoms with Crippen molar-refractivity contribution in [3.8, 4) is 0 Å². The van der Waals surface area contributed by atoms with Crippen LogP contribution in [0.1, 0.15) is 24.8 Å². The highest BCUT2D eigenvalue weighted by Crippen LogP contribution is 2.27. The van der Waals surface area contributed by atoms with Crippen molar-refractivity contribution in [3.63, 3.8) is 0 Å². The van der Waals surface area contributed by atoms with Gasteiger partial charge in [-0.3, -0.25) is 0 Å². The van der Waals surface area contributed by atoms with Gasteiger partial charge in [-0.15, -0.1) is 0 Å². The van der Waals surface area contributed by atoms with Gasteiger partial charge in [0.1, 0.15) is 0 Å². The van der Waals surface area contributed by atoms with Crippen molar-refractivity contribution in [2.75, 3.05) is 25.0 Å². The number of nitrogens with one attached hydrogen (secondary N) is 1. The molecule has 1 heterocycles. The van der Waals surface area contributed by atoms with Gasteiger partial charge >= 0.3 is 0 Å². The number of hydrogen-bond donors (Lipinski definition) is 1. The topological polar surface area (TPSA) is 15.3 Å². The van der Waals surface area contributed by atoms with Gasteiger partial charge < -0.3 is 10.2 Å². The summed E-state index contributed by atoms with van der Waals surface area (Å²) in [6.45, 7) is 4.48. The first-order valence-corrected chi connectivity index (χ1v) is 6.29. The molecule has 0 saturated carbocycles. The van der Waals surface area contributed by atoms with Gasteiger partial charge in [-0.25, -0.2) is 0 Å². The van der Waals surface area contributed by atoms with Crippen molar-refractivity contribution in [1.82, 2.24) is 5.32 Å². The number of anilines is 1. The number of hydrogen-bond acceptors (Lipinski definition) is 2. The molecule has 1 aliphatic heterocycles. The average Bonchev–Trinajstić information content (AvgIpc) is 2.75. The Labute approximate surface area is 98.7 Å². The first-order valence-electron chi connectivity index (χ1n) is 6.29. The van der Waals surface area contributed by atoms with Crippen molar-refractivity contribution >= 4 is 5.69 Å². The van der Waals surface area contributed by atoms with Crippen LogP contribution in [0.5, 0.6) is 0 Å². The summed E-state index contributed by atoms with van der Waals surface area (Å²) in [5.41, 5.74) is 2.74. The van der Waals surface area contributed by atoms with Gasteiger partial charge in [-0.05, 0) is 51.9 Å². The molecule has 0 bridgehead atoms.